The van der Waals surface area contributed by atoms with Crippen LogP contribution in [0.2, 0.25) is 0 Å². The number of nitrogens with zero attached hydrogens (tertiary/aromatic N) is 2. The Hall–Kier alpha value is -1.49. The third kappa shape index (κ3) is 4.53. The number of benzene rings is 1. The summed E-state index contributed by atoms with van der Waals surface area (Å²) in [5, 5.41) is 2.54. The second kappa shape index (κ2) is 8.06. The first-order chi connectivity index (χ1) is 11.1. The number of hydrogen-bond donors (Lipinski definition) is 1. The van der Waals surface area contributed by atoms with Crippen molar-refractivity contribution in [2.24, 2.45) is 0 Å². The van der Waals surface area contributed by atoms with Crippen molar-refractivity contribution in [3.05, 3.63) is 24.3 Å². The molecule has 0 fully saturated rings. The molecule has 1 aromatic rings. The van der Waals surface area contributed by atoms with Crippen molar-refractivity contribution in [3.8, 4) is 0 Å². The summed E-state index contributed by atoms with van der Waals surface area (Å²) in [5.41, 5.74) is 0. The van der Waals surface area contributed by atoms with Crippen molar-refractivity contribution >= 4 is 26.0 Å². The Balaban J connectivity index is 3.25. The van der Waals surface area contributed by atoms with E-state index in [1.807, 2.05) is 0 Å². The molecule has 1 N–H and O–H groups in total. The number of rotatable bonds is 8. The summed E-state index contributed by atoms with van der Waals surface area (Å²) in [4.78, 5) is 11.4. The van der Waals surface area contributed by atoms with Crippen LogP contribution in [-0.4, -0.2) is 65.1 Å². The Morgan fingerprint density at radius 1 is 1.04 bits per heavy atom. The molecule has 0 atom stereocenters. The molecule has 0 heterocycles. The summed E-state index contributed by atoms with van der Waals surface area (Å²) in [7, 11) is -5.01. The molecule has 1 aromatic carbocycles. The third-order valence-electron chi connectivity index (χ3n) is 3.27. The topological polar surface area (TPSA) is 104 Å². The highest BCUT2D eigenvalue weighted by Crippen LogP contribution is 2.21. The average molecular weight is 377 g/mol. The van der Waals surface area contributed by atoms with Gasteiger partial charge in [-0.3, -0.25) is 4.79 Å². The molecule has 136 valence electrons. The number of hydrogen-bond acceptors (Lipinski definition) is 5. The van der Waals surface area contributed by atoms with E-state index in [0.717, 1.165) is 14.7 Å². The highest BCUT2D eigenvalue weighted by molar-refractivity contribution is 7.90. The minimum atomic E-state index is -3.98. The average Bonchev–Trinajstić information content (AvgIpc) is 2.52. The van der Waals surface area contributed by atoms with E-state index in [2.05, 4.69) is 5.32 Å². The van der Waals surface area contributed by atoms with Gasteiger partial charge in [0.15, 0.2) is 0 Å². The lowest BCUT2D eigenvalue weighted by Crippen LogP contribution is -2.40. The minimum Gasteiger partial charge on any atom is -0.355 e. The van der Waals surface area contributed by atoms with Gasteiger partial charge < -0.3 is 5.32 Å². The Morgan fingerprint density at radius 2 is 1.58 bits per heavy atom. The predicted molar refractivity (Wildman–Crippen MR) is 90.4 cm³/mol. The molecule has 8 nitrogen and oxygen atoms in total. The molecule has 1 rings (SSSR count). The molecule has 0 saturated carbocycles. The smallest absolute Gasteiger partial charge is 0.243 e. The van der Waals surface area contributed by atoms with Crippen LogP contribution in [0.5, 0.6) is 0 Å². The number of likely N-dealkylation sites (N-methyl/N-ethyl adjacent to an activating group) is 2. The summed E-state index contributed by atoms with van der Waals surface area (Å²) in [6, 6.07) is 5.10. The normalized spacial score (nSPS) is 12.6. The fourth-order valence-corrected chi connectivity index (χ4v) is 4.41. The Morgan fingerprint density at radius 3 is 2.04 bits per heavy atom. The molecule has 0 spiro atoms. The predicted octanol–water partition coefficient (Wildman–Crippen LogP) is 0.0836. The van der Waals surface area contributed by atoms with Gasteiger partial charge in [0.2, 0.25) is 26.0 Å². The fourth-order valence-electron chi connectivity index (χ4n) is 1.93. The summed E-state index contributed by atoms with van der Waals surface area (Å²) in [6.45, 7) is 3.50. The summed E-state index contributed by atoms with van der Waals surface area (Å²) >= 11 is 0. The molecule has 0 radical (unpaired) electrons. The van der Waals surface area contributed by atoms with Gasteiger partial charge >= 0.3 is 0 Å². The van der Waals surface area contributed by atoms with Crippen LogP contribution in [0.25, 0.3) is 0 Å². The summed E-state index contributed by atoms with van der Waals surface area (Å²) < 4.78 is 51.7. The maximum Gasteiger partial charge on any atom is 0.243 e. The third-order valence-corrected chi connectivity index (χ3v) is 7.00. The zero-order valence-corrected chi connectivity index (χ0v) is 15.8. The quantitative estimate of drug-likeness (QED) is 0.691. The molecule has 0 unspecified atom stereocenters. The number of sulfonamides is 2. The maximum absolute atomic E-state index is 12.7. The van der Waals surface area contributed by atoms with Crippen LogP contribution in [-0.2, 0) is 24.8 Å². The largest absolute Gasteiger partial charge is 0.355 e. The minimum absolute atomic E-state index is 0.0874. The number of carbonyl (C=O) groups is 1. The van der Waals surface area contributed by atoms with Crippen LogP contribution in [0.1, 0.15) is 13.8 Å². The molecule has 10 heteroatoms. The van der Waals surface area contributed by atoms with Gasteiger partial charge in [-0.25, -0.2) is 21.1 Å². The van der Waals surface area contributed by atoms with Gasteiger partial charge in [-0.1, -0.05) is 13.0 Å². The lowest BCUT2D eigenvalue weighted by molar-refractivity contribution is -0.121. The molecule has 0 aromatic heterocycles. The Kier molecular flexibility index (Phi) is 6.90. The second-order valence-electron chi connectivity index (χ2n) is 5.15. The van der Waals surface area contributed by atoms with Crippen molar-refractivity contribution in [2.45, 2.75) is 23.6 Å². The van der Waals surface area contributed by atoms with E-state index in [4.69, 9.17) is 0 Å². The van der Waals surface area contributed by atoms with Gasteiger partial charge in [0.25, 0.3) is 0 Å². The van der Waals surface area contributed by atoms with Crippen LogP contribution >= 0.6 is 0 Å². The number of nitrogens with one attached hydrogen (secondary N) is 1. The lowest BCUT2D eigenvalue weighted by Gasteiger charge is -2.20. The standard InChI is InChI=1S/C14H23N3O5S2/c1-5-15-14(18)11-17(6-2)24(21,22)13-9-7-8-12(10-13)23(19,20)16(3)4/h7-10H,5-6,11H2,1-4H3,(H,15,18). The highest BCUT2D eigenvalue weighted by atomic mass is 32.2. The Labute approximate surface area is 143 Å². The molecule has 0 bridgehead atoms. The van der Waals surface area contributed by atoms with Crippen LogP contribution in [0.15, 0.2) is 34.1 Å². The SMILES string of the molecule is CCNC(=O)CN(CC)S(=O)(=O)c1cccc(S(=O)(=O)N(C)C)c1. The van der Waals surface area contributed by atoms with Gasteiger partial charge in [0.1, 0.15) is 0 Å². The summed E-state index contributed by atoms with van der Waals surface area (Å²) in [5.74, 6) is -0.417. The zero-order valence-electron chi connectivity index (χ0n) is 14.2. The first-order valence-corrected chi connectivity index (χ1v) is 10.2. The van der Waals surface area contributed by atoms with Crippen molar-refractivity contribution in [3.63, 3.8) is 0 Å². The molecule has 1 amide bonds. The van der Waals surface area contributed by atoms with E-state index >= 15 is 0 Å². The molecular weight excluding hydrogens is 354 g/mol. The van der Waals surface area contributed by atoms with E-state index in [1.165, 1.54) is 32.3 Å². The van der Waals surface area contributed by atoms with Crippen LogP contribution in [0, 0.1) is 0 Å². The van der Waals surface area contributed by atoms with E-state index in [1.54, 1.807) is 13.8 Å². The van der Waals surface area contributed by atoms with Crippen LogP contribution < -0.4 is 5.32 Å². The van der Waals surface area contributed by atoms with Crippen molar-refractivity contribution in [2.75, 3.05) is 33.7 Å². The molecule has 0 aliphatic carbocycles. The fraction of sp³-hybridized carbons (Fsp3) is 0.500. The maximum atomic E-state index is 12.7. The first kappa shape index (κ1) is 20.6. The number of carbonyl (C=O) groups excluding carboxylic acids is 1. The van der Waals surface area contributed by atoms with Gasteiger partial charge in [-0.05, 0) is 25.1 Å². The van der Waals surface area contributed by atoms with Crippen LogP contribution in [0.4, 0.5) is 0 Å². The van der Waals surface area contributed by atoms with E-state index in [-0.39, 0.29) is 22.9 Å². The van der Waals surface area contributed by atoms with Crippen LogP contribution in [0.3, 0.4) is 0 Å². The first-order valence-electron chi connectivity index (χ1n) is 7.36. The van der Waals surface area contributed by atoms with E-state index in [0.29, 0.717) is 6.54 Å². The van der Waals surface area contributed by atoms with Gasteiger partial charge in [-0.15, -0.1) is 0 Å². The highest BCUT2D eigenvalue weighted by Gasteiger charge is 2.27. The molecule has 24 heavy (non-hydrogen) atoms. The van der Waals surface area contributed by atoms with E-state index < -0.39 is 26.0 Å². The van der Waals surface area contributed by atoms with Crippen molar-refractivity contribution in [1.29, 1.82) is 0 Å². The number of amides is 1. The molecular formula is C14H23N3O5S2. The van der Waals surface area contributed by atoms with Gasteiger partial charge in [0.05, 0.1) is 16.3 Å². The molecule has 0 aliphatic heterocycles. The van der Waals surface area contributed by atoms with Gasteiger partial charge in [-0.2, -0.15) is 4.31 Å². The second-order valence-corrected chi connectivity index (χ2v) is 9.24. The lowest BCUT2D eigenvalue weighted by atomic mass is 10.4. The molecule has 0 aliphatic rings. The monoisotopic (exact) mass is 377 g/mol. The Bertz CT molecular complexity index is 788. The van der Waals surface area contributed by atoms with E-state index in [9.17, 15) is 21.6 Å². The zero-order chi connectivity index (χ0) is 18.5. The van der Waals surface area contributed by atoms with Crippen molar-refractivity contribution < 1.29 is 21.6 Å². The van der Waals surface area contributed by atoms with Gasteiger partial charge in [0, 0.05) is 27.2 Å². The summed E-state index contributed by atoms with van der Waals surface area (Å²) in [6.07, 6.45) is 0. The van der Waals surface area contributed by atoms with Crippen molar-refractivity contribution in [1.82, 2.24) is 13.9 Å². The molecule has 0 saturated heterocycles.